The van der Waals surface area contributed by atoms with Gasteiger partial charge < -0.3 is 15.1 Å². The van der Waals surface area contributed by atoms with Gasteiger partial charge in [-0.25, -0.2) is 4.39 Å². The van der Waals surface area contributed by atoms with Crippen LogP contribution in [0.5, 0.6) is 0 Å². The van der Waals surface area contributed by atoms with Gasteiger partial charge in [0.1, 0.15) is 5.82 Å². The van der Waals surface area contributed by atoms with Gasteiger partial charge in [-0.3, -0.25) is 9.59 Å². The van der Waals surface area contributed by atoms with E-state index in [9.17, 15) is 14.0 Å². The lowest BCUT2D eigenvalue weighted by molar-refractivity contribution is -0.116. The van der Waals surface area contributed by atoms with Crippen molar-refractivity contribution in [3.05, 3.63) is 59.9 Å². The highest BCUT2D eigenvalue weighted by atomic mass is 19.1. The number of benzene rings is 2. The van der Waals surface area contributed by atoms with Crippen molar-refractivity contribution >= 4 is 23.2 Å². The predicted octanol–water partition coefficient (Wildman–Crippen LogP) is 3.38. The van der Waals surface area contributed by atoms with E-state index >= 15 is 0 Å². The molecule has 6 heteroatoms. The number of halogens is 1. The summed E-state index contributed by atoms with van der Waals surface area (Å²) in [6.07, 6.45) is 0. The highest BCUT2D eigenvalue weighted by Crippen LogP contribution is 2.16. The molecule has 0 saturated heterocycles. The summed E-state index contributed by atoms with van der Waals surface area (Å²) < 4.78 is 12.9. The Morgan fingerprint density at radius 3 is 2.08 bits per heavy atom. The van der Waals surface area contributed by atoms with Crippen molar-refractivity contribution in [3.8, 4) is 0 Å². The van der Waals surface area contributed by atoms with Gasteiger partial charge in [0.2, 0.25) is 5.91 Å². The quantitative estimate of drug-likeness (QED) is 0.826. The molecule has 0 aliphatic heterocycles. The molecule has 0 aliphatic rings. The third kappa shape index (κ3) is 5.05. The number of carbonyl (C=O) groups is 2. The van der Waals surface area contributed by atoms with Crippen molar-refractivity contribution in [2.45, 2.75) is 13.8 Å². The Balaban J connectivity index is 1.95. The number of nitrogens with one attached hydrogen (secondary N) is 1. The van der Waals surface area contributed by atoms with Crippen LogP contribution in [0.25, 0.3) is 0 Å². The molecule has 0 aromatic heterocycles. The minimum absolute atomic E-state index is 0.0893. The summed E-state index contributed by atoms with van der Waals surface area (Å²) in [6, 6.07) is 12.8. The molecule has 2 amide bonds. The van der Waals surface area contributed by atoms with Gasteiger partial charge in [-0.05, 0) is 62.4 Å². The van der Waals surface area contributed by atoms with Crippen molar-refractivity contribution in [1.82, 2.24) is 4.90 Å². The average Bonchev–Trinajstić information content (AvgIpc) is 2.64. The zero-order chi connectivity index (χ0) is 19.1. The van der Waals surface area contributed by atoms with Gasteiger partial charge >= 0.3 is 0 Å². The molecule has 26 heavy (non-hydrogen) atoms. The third-order valence-corrected chi connectivity index (χ3v) is 4.10. The highest BCUT2D eigenvalue weighted by molar-refractivity contribution is 5.99. The summed E-state index contributed by atoms with van der Waals surface area (Å²) in [5, 5.41) is 2.64. The molecule has 138 valence electrons. The molecule has 0 aliphatic carbocycles. The van der Waals surface area contributed by atoms with Crippen LogP contribution in [-0.4, -0.2) is 43.4 Å². The maximum absolute atomic E-state index is 12.9. The van der Waals surface area contributed by atoms with Crippen LogP contribution in [0.3, 0.4) is 0 Å². The standard InChI is InChI=1S/C20H24FN3O2/c1-4-24(5-2)18-12-6-15(7-13-18)20(26)23(3)14-19(25)22-17-10-8-16(21)9-11-17/h6-13H,4-5,14H2,1-3H3,(H,22,25). The number of rotatable bonds is 7. The summed E-state index contributed by atoms with van der Waals surface area (Å²) in [7, 11) is 1.57. The number of anilines is 2. The molecule has 0 spiro atoms. The Morgan fingerprint density at radius 2 is 1.54 bits per heavy atom. The lowest BCUT2D eigenvalue weighted by Crippen LogP contribution is -2.35. The molecule has 2 rings (SSSR count). The predicted molar refractivity (Wildman–Crippen MR) is 102 cm³/mol. The van der Waals surface area contributed by atoms with E-state index in [0.29, 0.717) is 11.3 Å². The van der Waals surface area contributed by atoms with Crippen molar-refractivity contribution in [1.29, 1.82) is 0 Å². The summed E-state index contributed by atoms with van der Waals surface area (Å²) in [4.78, 5) is 28.1. The van der Waals surface area contributed by atoms with Gasteiger partial charge in [-0.1, -0.05) is 0 Å². The molecule has 0 fully saturated rings. The number of nitrogens with zero attached hydrogens (tertiary/aromatic N) is 2. The smallest absolute Gasteiger partial charge is 0.254 e. The maximum Gasteiger partial charge on any atom is 0.254 e. The molecule has 2 aromatic carbocycles. The zero-order valence-electron chi connectivity index (χ0n) is 15.3. The lowest BCUT2D eigenvalue weighted by atomic mass is 10.1. The lowest BCUT2D eigenvalue weighted by Gasteiger charge is -2.22. The molecular weight excluding hydrogens is 333 g/mol. The number of amides is 2. The summed E-state index contributed by atoms with van der Waals surface area (Å²) in [5.74, 6) is -0.943. The van der Waals surface area contributed by atoms with Crippen molar-refractivity contribution < 1.29 is 14.0 Å². The maximum atomic E-state index is 12.9. The van der Waals surface area contributed by atoms with E-state index in [1.165, 1.54) is 29.2 Å². The van der Waals surface area contributed by atoms with Crippen LogP contribution in [0.1, 0.15) is 24.2 Å². The highest BCUT2D eigenvalue weighted by Gasteiger charge is 2.15. The molecule has 0 atom stereocenters. The van der Waals surface area contributed by atoms with E-state index in [2.05, 4.69) is 24.1 Å². The van der Waals surface area contributed by atoms with Crippen LogP contribution in [0, 0.1) is 5.82 Å². The SMILES string of the molecule is CCN(CC)c1ccc(C(=O)N(C)CC(=O)Nc2ccc(F)cc2)cc1. The van der Waals surface area contributed by atoms with Crippen LogP contribution >= 0.6 is 0 Å². The van der Waals surface area contributed by atoms with E-state index < -0.39 is 0 Å². The monoisotopic (exact) mass is 357 g/mol. The zero-order valence-corrected chi connectivity index (χ0v) is 15.3. The summed E-state index contributed by atoms with van der Waals surface area (Å²) in [6.45, 7) is 5.86. The third-order valence-electron chi connectivity index (χ3n) is 4.10. The van der Waals surface area contributed by atoms with E-state index in [4.69, 9.17) is 0 Å². The van der Waals surface area contributed by atoms with Crippen LogP contribution in [0.2, 0.25) is 0 Å². The second-order valence-electron chi connectivity index (χ2n) is 5.94. The fourth-order valence-electron chi connectivity index (χ4n) is 2.64. The van der Waals surface area contributed by atoms with Gasteiger partial charge in [-0.15, -0.1) is 0 Å². The Hall–Kier alpha value is -2.89. The fourth-order valence-corrected chi connectivity index (χ4v) is 2.64. The van der Waals surface area contributed by atoms with Crippen molar-refractivity contribution in [3.63, 3.8) is 0 Å². The number of hydrogen-bond acceptors (Lipinski definition) is 3. The summed E-state index contributed by atoms with van der Waals surface area (Å²) in [5.41, 5.74) is 2.07. The number of likely N-dealkylation sites (N-methyl/N-ethyl adjacent to an activating group) is 1. The fraction of sp³-hybridized carbons (Fsp3) is 0.300. The van der Waals surface area contributed by atoms with Crippen LogP contribution in [0.4, 0.5) is 15.8 Å². The Kier molecular flexibility index (Phi) is 6.72. The van der Waals surface area contributed by atoms with Gasteiger partial charge in [0, 0.05) is 37.1 Å². The van der Waals surface area contributed by atoms with Crippen LogP contribution in [-0.2, 0) is 4.79 Å². The molecular formula is C20H24FN3O2. The molecule has 5 nitrogen and oxygen atoms in total. The Morgan fingerprint density at radius 1 is 0.962 bits per heavy atom. The largest absolute Gasteiger partial charge is 0.372 e. The molecule has 0 saturated carbocycles. The first-order valence-corrected chi connectivity index (χ1v) is 8.60. The number of hydrogen-bond donors (Lipinski definition) is 1. The average molecular weight is 357 g/mol. The van der Waals surface area contributed by atoms with E-state index in [0.717, 1.165) is 18.8 Å². The second kappa shape index (κ2) is 8.99. The van der Waals surface area contributed by atoms with Gasteiger partial charge in [-0.2, -0.15) is 0 Å². The van der Waals surface area contributed by atoms with Gasteiger partial charge in [0.15, 0.2) is 0 Å². The normalized spacial score (nSPS) is 10.3. The second-order valence-corrected chi connectivity index (χ2v) is 5.94. The topological polar surface area (TPSA) is 52.7 Å². The molecule has 0 unspecified atom stereocenters. The first-order chi connectivity index (χ1) is 12.4. The minimum atomic E-state index is -0.372. The van der Waals surface area contributed by atoms with E-state index in [-0.39, 0.29) is 24.2 Å². The van der Waals surface area contributed by atoms with Gasteiger partial charge in [0.25, 0.3) is 5.91 Å². The van der Waals surface area contributed by atoms with Crippen LogP contribution in [0.15, 0.2) is 48.5 Å². The molecule has 0 bridgehead atoms. The molecule has 1 N–H and O–H groups in total. The molecule has 2 aromatic rings. The first kappa shape index (κ1) is 19.4. The van der Waals surface area contributed by atoms with Gasteiger partial charge in [0.05, 0.1) is 6.54 Å². The van der Waals surface area contributed by atoms with E-state index in [1.54, 1.807) is 19.2 Å². The summed E-state index contributed by atoms with van der Waals surface area (Å²) >= 11 is 0. The molecule has 0 radical (unpaired) electrons. The minimum Gasteiger partial charge on any atom is -0.372 e. The number of carbonyl (C=O) groups excluding carboxylic acids is 2. The van der Waals surface area contributed by atoms with Crippen molar-refractivity contribution in [2.24, 2.45) is 0 Å². The van der Waals surface area contributed by atoms with Crippen molar-refractivity contribution in [2.75, 3.05) is 36.9 Å². The van der Waals surface area contributed by atoms with E-state index in [1.807, 2.05) is 12.1 Å². The Bertz CT molecular complexity index is 741. The van der Waals surface area contributed by atoms with Crippen LogP contribution < -0.4 is 10.2 Å². The molecule has 0 heterocycles. The Labute approximate surface area is 153 Å². The first-order valence-electron chi connectivity index (χ1n) is 8.60.